The van der Waals surface area contributed by atoms with Crippen LogP contribution in [0.3, 0.4) is 0 Å². The number of carbonyl (C=O) groups is 1. The van der Waals surface area contributed by atoms with Gasteiger partial charge in [-0.05, 0) is 30.3 Å². The van der Waals surface area contributed by atoms with E-state index in [1.54, 1.807) is 36.4 Å². The number of nitrogens with zero attached hydrogens (tertiary/aromatic N) is 1. The number of para-hydroxylation sites is 1. The van der Waals surface area contributed by atoms with Crippen LogP contribution in [0.5, 0.6) is 11.5 Å². The summed E-state index contributed by atoms with van der Waals surface area (Å²) in [5.41, 5.74) is 1.32. The van der Waals surface area contributed by atoms with Gasteiger partial charge in [-0.2, -0.15) is 0 Å². The van der Waals surface area contributed by atoms with Gasteiger partial charge in [0.15, 0.2) is 5.13 Å². The number of anilines is 2. The van der Waals surface area contributed by atoms with Crippen LogP contribution in [0.15, 0.2) is 42.5 Å². The van der Waals surface area contributed by atoms with Crippen molar-refractivity contribution in [2.24, 2.45) is 0 Å². The molecule has 8 heteroatoms. The monoisotopic (exact) mass is 388 g/mol. The summed E-state index contributed by atoms with van der Waals surface area (Å²) in [6, 6.07) is 11.4. The lowest BCUT2D eigenvalue weighted by atomic mass is 10.1. The van der Waals surface area contributed by atoms with Crippen LogP contribution in [0.2, 0.25) is 0 Å². The van der Waals surface area contributed by atoms with E-state index in [9.17, 15) is 14.3 Å². The number of hydrogen-bond donors (Lipinski definition) is 2. The minimum atomic E-state index is -0.987. The van der Waals surface area contributed by atoms with Gasteiger partial charge in [-0.3, -0.25) is 4.79 Å². The van der Waals surface area contributed by atoms with Crippen LogP contribution in [0, 0.1) is 5.82 Å². The van der Waals surface area contributed by atoms with Crippen molar-refractivity contribution in [3.63, 3.8) is 0 Å². The first-order valence-electron chi connectivity index (χ1n) is 7.97. The molecule has 2 N–H and O–H groups in total. The predicted molar refractivity (Wildman–Crippen MR) is 102 cm³/mol. The van der Waals surface area contributed by atoms with Crippen molar-refractivity contribution < 1.29 is 23.8 Å². The van der Waals surface area contributed by atoms with Gasteiger partial charge in [-0.25, -0.2) is 9.37 Å². The van der Waals surface area contributed by atoms with E-state index in [2.05, 4.69) is 10.3 Å². The van der Waals surface area contributed by atoms with Crippen LogP contribution < -0.4 is 14.8 Å². The summed E-state index contributed by atoms with van der Waals surface area (Å²) in [5.74, 6) is -0.291. The van der Waals surface area contributed by atoms with E-state index in [1.165, 1.54) is 20.3 Å². The second-order valence-corrected chi connectivity index (χ2v) is 6.62. The lowest BCUT2D eigenvalue weighted by Gasteiger charge is -2.10. The molecule has 0 saturated carbocycles. The van der Waals surface area contributed by atoms with Crippen molar-refractivity contribution in [2.45, 2.75) is 6.42 Å². The number of ether oxygens (including phenoxy) is 2. The van der Waals surface area contributed by atoms with Crippen LogP contribution in [0.4, 0.5) is 15.2 Å². The second-order valence-electron chi connectivity index (χ2n) is 5.53. The van der Waals surface area contributed by atoms with E-state index in [0.717, 1.165) is 11.3 Å². The third-order valence-electron chi connectivity index (χ3n) is 3.79. The molecule has 1 heterocycles. The predicted octanol–water partition coefficient (Wildman–Crippen LogP) is 4.34. The van der Waals surface area contributed by atoms with Crippen molar-refractivity contribution in [3.8, 4) is 22.8 Å². The first-order chi connectivity index (χ1) is 13.0. The molecule has 27 heavy (non-hydrogen) atoms. The zero-order valence-electron chi connectivity index (χ0n) is 14.7. The van der Waals surface area contributed by atoms with E-state index >= 15 is 0 Å². The molecule has 140 valence electrons. The maximum absolute atomic E-state index is 13.9. The summed E-state index contributed by atoms with van der Waals surface area (Å²) in [4.78, 5) is 16.3. The molecule has 1 aromatic heterocycles. The Hall–Kier alpha value is -3.13. The fraction of sp³-hybridized carbons (Fsp3) is 0.158. The maximum Gasteiger partial charge on any atom is 0.308 e. The zero-order valence-corrected chi connectivity index (χ0v) is 15.5. The topological polar surface area (TPSA) is 80.7 Å². The SMILES string of the molecule is COc1ccc(OC)c(-c2nc(Nc3ccccc3F)sc2CC(=O)O)c1. The molecule has 0 bridgehead atoms. The number of methoxy groups -OCH3 is 2. The molecule has 0 unspecified atom stereocenters. The van der Waals surface area contributed by atoms with E-state index in [0.29, 0.717) is 32.8 Å². The van der Waals surface area contributed by atoms with E-state index < -0.39 is 11.8 Å². The fourth-order valence-electron chi connectivity index (χ4n) is 2.55. The van der Waals surface area contributed by atoms with E-state index in [-0.39, 0.29) is 12.1 Å². The van der Waals surface area contributed by atoms with E-state index in [1.807, 2.05) is 0 Å². The van der Waals surface area contributed by atoms with Crippen molar-refractivity contribution in [1.29, 1.82) is 0 Å². The largest absolute Gasteiger partial charge is 0.497 e. The Labute approximate surface area is 159 Å². The molecule has 0 radical (unpaired) electrons. The summed E-state index contributed by atoms with van der Waals surface area (Å²) in [6.45, 7) is 0. The zero-order chi connectivity index (χ0) is 19.4. The number of halogens is 1. The normalized spacial score (nSPS) is 10.5. The maximum atomic E-state index is 13.9. The number of benzene rings is 2. The number of thiazole rings is 1. The van der Waals surface area contributed by atoms with Crippen LogP contribution in [-0.2, 0) is 11.2 Å². The summed E-state index contributed by atoms with van der Waals surface area (Å²) in [6.07, 6.45) is -0.216. The van der Waals surface area contributed by atoms with Gasteiger partial charge in [-0.15, -0.1) is 11.3 Å². The Kier molecular flexibility index (Phi) is 5.56. The highest BCUT2D eigenvalue weighted by Gasteiger charge is 2.20. The van der Waals surface area contributed by atoms with Gasteiger partial charge in [0.1, 0.15) is 17.3 Å². The third-order valence-corrected chi connectivity index (χ3v) is 4.76. The highest BCUT2D eigenvalue weighted by Crippen LogP contribution is 2.39. The molecule has 3 aromatic rings. The van der Waals surface area contributed by atoms with Crippen molar-refractivity contribution in [2.75, 3.05) is 19.5 Å². The molecule has 0 amide bonds. The Morgan fingerprint density at radius 1 is 1.22 bits per heavy atom. The number of rotatable bonds is 7. The first kappa shape index (κ1) is 18.7. The average Bonchev–Trinajstić information content (AvgIpc) is 3.04. The number of nitrogens with one attached hydrogen (secondary N) is 1. The van der Waals surface area contributed by atoms with Gasteiger partial charge in [0.05, 0.1) is 32.0 Å². The Morgan fingerprint density at radius 3 is 2.67 bits per heavy atom. The van der Waals surface area contributed by atoms with Gasteiger partial charge < -0.3 is 19.9 Å². The molecule has 0 saturated heterocycles. The standard InChI is InChI=1S/C19H17FN2O4S/c1-25-11-7-8-15(26-2)12(9-11)18-16(10-17(23)24)27-19(22-18)21-14-6-4-3-5-13(14)20/h3-9H,10H2,1-2H3,(H,21,22)(H,23,24). The Morgan fingerprint density at radius 2 is 2.00 bits per heavy atom. The summed E-state index contributed by atoms with van der Waals surface area (Å²) in [5, 5.41) is 12.5. The lowest BCUT2D eigenvalue weighted by Crippen LogP contribution is -2.00. The molecular formula is C19H17FN2O4S. The number of aromatic nitrogens is 1. The van der Waals surface area contributed by atoms with Gasteiger partial charge in [0.25, 0.3) is 0 Å². The van der Waals surface area contributed by atoms with Gasteiger partial charge in [-0.1, -0.05) is 12.1 Å². The van der Waals surface area contributed by atoms with Crippen LogP contribution in [0.25, 0.3) is 11.3 Å². The van der Waals surface area contributed by atoms with Crippen molar-refractivity contribution in [1.82, 2.24) is 4.98 Å². The van der Waals surface area contributed by atoms with Gasteiger partial charge in [0.2, 0.25) is 0 Å². The average molecular weight is 388 g/mol. The van der Waals surface area contributed by atoms with Crippen LogP contribution in [-0.4, -0.2) is 30.3 Å². The van der Waals surface area contributed by atoms with Crippen LogP contribution >= 0.6 is 11.3 Å². The second kappa shape index (κ2) is 8.05. The van der Waals surface area contributed by atoms with Crippen molar-refractivity contribution >= 4 is 28.1 Å². The molecule has 3 rings (SSSR count). The molecule has 0 spiro atoms. The number of hydrogen-bond acceptors (Lipinski definition) is 6. The summed E-state index contributed by atoms with van der Waals surface area (Å²) < 4.78 is 24.6. The summed E-state index contributed by atoms with van der Waals surface area (Å²) >= 11 is 1.15. The smallest absolute Gasteiger partial charge is 0.308 e. The third kappa shape index (κ3) is 4.17. The minimum Gasteiger partial charge on any atom is -0.497 e. The quantitative estimate of drug-likeness (QED) is 0.627. The molecule has 2 aromatic carbocycles. The molecular weight excluding hydrogens is 371 g/mol. The highest BCUT2D eigenvalue weighted by molar-refractivity contribution is 7.16. The molecule has 0 aliphatic carbocycles. The summed E-state index contributed by atoms with van der Waals surface area (Å²) in [7, 11) is 3.06. The molecule has 0 aliphatic heterocycles. The molecule has 0 fully saturated rings. The number of carboxylic acid groups (broad SMARTS) is 1. The molecule has 0 aliphatic rings. The minimum absolute atomic E-state index is 0.216. The Balaban J connectivity index is 2.08. The lowest BCUT2D eigenvalue weighted by molar-refractivity contribution is -0.136. The number of aliphatic carboxylic acids is 1. The van der Waals surface area contributed by atoms with Crippen LogP contribution in [0.1, 0.15) is 4.88 Å². The van der Waals surface area contributed by atoms with Gasteiger partial charge >= 0.3 is 5.97 Å². The number of carboxylic acids is 1. The van der Waals surface area contributed by atoms with E-state index in [4.69, 9.17) is 9.47 Å². The Bertz CT molecular complexity index is 974. The van der Waals surface area contributed by atoms with Crippen molar-refractivity contribution in [3.05, 3.63) is 53.2 Å². The highest BCUT2D eigenvalue weighted by atomic mass is 32.1. The molecule has 0 atom stereocenters. The molecule has 6 nitrogen and oxygen atoms in total. The van der Waals surface area contributed by atoms with Gasteiger partial charge in [0, 0.05) is 10.4 Å². The fourth-order valence-corrected chi connectivity index (χ4v) is 3.53. The first-order valence-corrected chi connectivity index (χ1v) is 8.79.